The molecule has 4 nitrogen and oxygen atoms in total. The fourth-order valence-corrected chi connectivity index (χ4v) is 2.05. The lowest BCUT2D eigenvalue weighted by molar-refractivity contribution is 0.418. The molecule has 3 rings (SSSR count). The first-order chi connectivity index (χ1) is 6.92. The lowest BCUT2D eigenvalue weighted by Gasteiger charge is -2.07. The summed E-state index contributed by atoms with van der Waals surface area (Å²) in [5.41, 5.74) is 0. The van der Waals surface area contributed by atoms with Gasteiger partial charge in [0.1, 0.15) is 0 Å². The smallest absolute Gasteiger partial charge is 0.321 e. The minimum Gasteiger partial charge on any atom is -0.335 e. The Labute approximate surface area is 83.1 Å². The second kappa shape index (κ2) is 3.26. The molecule has 2 aliphatic rings. The van der Waals surface area contributed by atoms with Crippen LogP contribution in [0.25, 0.3) is 0 Å². The molecule has 1 aromatic rings. The van der Waals surface area contributed by atoms with Gasteiger partial charge in [0.15, 0.2) is 5.82 Å². The Morgan fingerprint density at radius 3 is 2.64 bits per heavy atom. The average Bonchev–Trinajstić information content (AvgIpc) is 2.75. The Kier molecular flexibility index (Phi) is 1.92. The molecule has 0 amide bonds. The first-order valence-corrected chi connectivity index (χ1v) is 5.52. The van der Waals surface area contributed by atoms with Crippen molar-refractivity contribution in [3.8, 4) is 0 Å². The first-order valence-electron chi connectivity index (χ1n) is 5.52. The summed E-state index contributed by atoms with van der Waals surface area (Å²) >= 11 is 0. The van der Waals surface area contributed by atoms with Crippen LogP contribution in [0.15, 0.2) is 4.52 Å². The predicted molar refractivity (Wildman–Crippen MR) is 52.2 cm³/mol. The van der Waals surface area contributed by atoms with E-state index in [9.17, 15) is 0 Å². The van der Waals surface area contributed by atoms with E-state index in [1.807, 2.05) is 0 Å². The third-order valence-corrected chi connectivity index (χ3v) is 3.07. The minimum absolute atomic E-state index is 0.558. The van der Waals surface area contributed by atoms with E-state index in [1.165, 1.54) is 38.5 Å². The van der Waals surface area contributed by atoms with Crippen molar-refractivity contribution in [2.24, 2.45) is 0 Å². The normalized spacial score (nSPS) is 22.9. The van der Waals surface area contributed by atoms with Gasteiger partial charge in [-0.2, -0.15) is 4.98 Å². The van der Waals surface area contributed by atoms with Gasteiger partial charge in [0.2, 0.25) is 0 Å². The molecule has 1 aromatic heterocycles. The van der Waals surface area contributed by atoms with Crippen LogP contribution in [0.1, 0.15) is 50.3 Å². The first kappa shape index (κ1) is 8.26. The van der Waals surface area contributed by atoms with Crippen molar-refractivity contribution in [1.82, 2.24) is 10.1 Å². The molecule has 0 saturated heterocycles. The fraction of sp³-hybridized carbons (Fsp3) is 0.800. The molecule has 0 aromatic carbocycles. The standard InChI is InChI=1S/C10H15N3O/c1-2-4-8(3-1)11-10-12-9(13-14-10)7-5-6-7/h7-8H,1-6H2,(H,11,12,13). The SMILES string of the molecule is C1CCC(Nc2nc(C3CC3)no2)C1. The molecule has 2 aliphatic carbocycles. The maximum absolute atomic E-state index is 5.16. The van der Waals surface area contributed by atoms with Crippen LogP contribution in [-0.2, 0) is 0 Å². The van der Waals surface area contributed by atoms with E-state index in [0.717, 1.165) is 5.82 Å². The Balaban J connectivity index is 1.64. The number of rotatable bonds is 3. The molecule has 2 saturated carbocycles. The largest absolute Gasteiger partial charge is 0.335 e. The van der Waals surface area contributed by atoms with Gasteiger partial charge in [0.05, 0.1) is 0 Å². The van der Waals surface area contributed by atoms with Gasteiger partial charge in [-0.3, -0.25) is 0 Å². The molecule has 2 fully saturated rings. The third-order valence-electron chi connectivity index (χ3n) is 3.07. The Morgan fingerprint density at radius 2 is 1.93 bits per heavy atom. The van der Waals surface area contributed by atoms with Crippen LogP contribution in [0.5, 0.6) is 0 Å². The van der Waals surface area contributed by atoms with Gasteiger partial charge < -0.3 is 9.84 Å². The van der Waals surface area contributed by atoms with Crippen molar-refractivity contribution in [1.29, 1.82) is 0 Å². The van der Waals surface area contributed by atoms with Gasteiger partial charge in [-0.1, -0.05) is 18.0 Å². The van der Waals surface area contributed by atoms with Crippen molar-refractivity contribution in [2.75, 3.05) is 5.32 Å². The van der Waals surface area contributed by atoms with E-state index >= 15 is 0 Å². The second-order valence-corrected chi connectivity index (χ2v) is 4.36. The van der Waals surface area contributed by atoms with Gasteiger partial charge in [-0.25, -0.2) is 0 Å². The number of nitrogens with one attached hydrogen (secondary N) is 1. The molecule has 0 bridgehead atoms. The molecule has 1 N–H and O–H groups in total. The third kappa shape index (κ3) is 1.61. The molecule has 1 heterocycles. The van der Waals surface area contributed by atoms with Gasteiger partial charge in [0.25, 0.3) is 0 Å². The van der Waals surface area contributed by atoms with Crippen LogP contribution in [0.3, 0.4) is 0 Å². The van der Waals surface area contributed by atoms with E-state index in [1.54, 1.807) is 0 Å². The monoisotopic (exact) mass is 193 g/mol. The van der Waals surface area contributed by atoms with Gasteiger partial charge in [0, 0.05) is 12.0 Å². The number of aromatic nitrogens is 2. The van der Waals surface area contributed by atoms with Crippen LogP contribution in [0.4, 0.5) is 6.01 Å². The van der Waals surface area contributed by atoms with Crippen molar-refractivity contribution >= 4 is 6.01 Å². The quantitative estimate of drug-likeness (QED) is 0.800. The highest BCUT2D eigenvalue weighted by Crippen LogP contribution is 2.38. The Hall–Kier alpha value is -1.06. The summed E-state index contributed by atoms with van der Waals surface area (Å²) in [5, 5.41) is 7.28. The van der Waals surface area contributed by atoms with Crippen LogP contribution < -0.4 is 5.32 Å². The summed E-state index contributed by atoms with van der Waals surface area (Å²) in [7, 11) is 0. The topological polar surface area (TPSA) is 51.0 Å². The fourth-order valence-electron chi connectivity index (χ4n) is 2.05. The summed E-state index contributed by atoms with van der Waals surface area (Å²) in [5.74, 6) is 1.48. The zero-order valence-corrected chi connectivity index (χ0v) is 8.20. The predicted octanol–water partition coefficient (Wildman–Crippen LogP) is 2.30. The Bertz CT molecular complexity index is 313. The molecule has 0 aliphatic heterocycles. The highest BCUT2D eigenvalue weighted by atomic mass is 16.5. The molecule has 14 heavy (non-hydrogen) atoms. The van der Waals surface area contributed by atoms with E-state index in [-0.39, 0.29) is 0 Å². The van der Waals surface area contributed by atoms with E-state index in [4.69, 9.17) is 4.52 Å². The maximum Gasteiger partial charge on any atom is 0.321 e. The summed E-state index contributed by atoms with van der Waals surface area (Å²) in [6, 6.07) is 1.18. The molecule has 0 radical (unpaired) electrons. The molecule has 0 atom stereocenters. The molecular formula is C10H15N3O. The van der Waals surface area contributed by atoms with Crippen LogP contribution in [0.2, 0.25) is 0 Å². The maximum atomic E-state index is 5.16. The zero-order chi connectivity index (χ0) is 9.38. The van der Waals surface area contributed by atoms with Crippen LogP contribution in [0, 0.1) is 0 Å². The van der Waals surface area contributed by atoms with Crippen LogP contribution in [-0.4, -0.2) is 16.2 Å². The number of nitrogens with zero attached hydrogens (tertiary/aromatic N) is 2. The Morgan fingerprint density at radius 1 is 1.14 bits per heavy atom. The highest BCUT2D eigenvalue weighted by molar-refractivity contribution is 5.22. The van der Waals surface area contributed by atoms with Crippen molar-refractivity contribution in [3.05, 3.63) is 5.82 Å². The average molecular weight is 193 g/mol. The van der Waals surface area contributed by atoms with E-state index in [0.29, 0.717) is 18.0 Å². The van der Waals surface area contributed by atoms with Gasteiger partial charge >= 0.3 is 6.01 Å². The van der Waals surface area contributed by atoms with Crippen LogP contribution >= 0.6 is 0 Å². The lowest BCUT2D eigenvalue weighted by atomic mass is 10.3. The minimum atomic E-state index is 0.558. The van der Waals surface area contributed by atoms with Gasteiger partial charge in [-0.05, 0) is 25.7 Å². The van der Waals surface area contributed by atoms with E-state index < -0.39 is 0 Å². The zero-order valence-electron chi connectivity index (χ0n) is 8.20. The number of hydrogen-bond donors (Lipinski definition) is 1. The lowest BCUT2D eigenvalue weighted by Crippen LogP contribution is -2.14. The van der Waals surface area contributed by atoms with Crippen molar-refractivity contribution in [2.45, 2.75) is 50.5 Å². The van der Waals surface area contributed by atoms with E-state index in [2.05, 4.69) is 15.5 Å². The molecule has 4 heteroatoms. The number of hydrogen-bond acceptors (Lipinski definition) is 4. The van der Waals surface area contributed by atoms with Crippen molar-refractivity contribution < 1.29 is 4.52 Å². The second-order valence-electron chi connectivity index (χ2n) is 4.36. The summed E-state index contributed by atoms with van der Waals surface area (Å²) in [6.45, 7) is 0. The summed E-state index contributed by atoms with van der Waals surface area (Å²) in [4.78, 5) is 4.35. The van der Waals surface area contributed by atoms with Crippen molar-refractivity contribution in [3.63, 3.8) is 0 Å². The summed E-state index contributed by atoms with van der Waals surface area (Å²) in [6.07, 6.45) is 7.57. The number of anilines is 1. The molecule has 0 spiro atoms. The molecule has 76 valence electrons. The molecule has 0 unspecified atom stereocenters. The van der Waals surface area contributed by atoms with Gasteiger partial charge in [-0.15, -0.1) is 0 Å². The molecular weight excluding hydrogens is 178 g/mol. The summed E-state index contributed by atoms with van der Waals surface area (Å²) < 4.78 is 5.16. The highest BCUT2D eigenvalue weighted by Gasteiger charge is 2.29.